The smallest absolute Gasteiger partial charge is 0.187 e. The van der Waals surface area contributed by atoms with Crippen LogP contribution < -0.4 is 4.74 Å². The van der Waals surface area contributed by atoms with Crippen LogP contribution in [0.15, 0.2) is 115 Å². The molecule has 7 nitrogen and oxygen atoms in total. The summed E-state index contributed by atoms with van der Waals surface area (Å²) in [6.45, 7) is 2.11. The second kappa shape index (κ2) is 14.8. The van der Waals surface area contributed by atoms with E-state index in [1.54, 1.807) is 7.11 Å². The van der Waals surface area contributed by atoms with Gasteiger partial charge >= 0.3 is 0 Å². The number of ether oxygens (including phenoxy) is 7. The fourth-order valence-electron chi connectivity index (χ4n) is 5.27. The van der Waals surface area contributed by atoms with Crippen LogP contribution in [-0.2, 0) is 54.8 Å². The Labute approximate surface area is 253 Å². The Balaban J connectivity index is 1.28. The molecule has 0 bridgehead atoms. The fraction of sp³-hybridized carbons (Fsp3) is 0.333. The van der Waals surface area contributed by atoms with Gasteiger partial charge in [-0.3, -0.25) is 0 Å². The minimum absolute atomic E-state index is 0.106. The van der Waals surface area contributed by atoms with Gasteiger partial charge < -0.3 is 33.2 Å². The Morgan fingerprint density at radius 2 is 0.977 bits per heavy atom. The van der Waals surface area contributed by atoms with Crippen LogP contribution in [0, 0.1) is 0 Å². The Bertz CT molecular complexity index is 1360. The van der Waals surface area contributed by atoms with Gasteiger partial charge in [-0.25, -0.2) is 0 Å². The summed E-state index contributed by atoms with van der Waals surface area (Å²) in [6.07, 6.45) is -2.71. The molecule has 4 aromatic carbocycles. The first-order valence-corrected chi connectivity index (χ1v) is 14.7. The van der Waals surface area contributed by atoms with Crippen molar-refractivity contribution in [1.82, 2.24) is 0 Å². The molecule has 224 valence electrons. The molecule has 7 heteroatoms. The summed E-state index contributed by atoms with van der Waals surface area (Å²) in [4.78, 5) is 0. The van der Waals surface area contributed by atoms with Crippen molar-refractivity contribution in [2.75, 3.05) is 13.7 Å². The molecule has 0 radical (unpaired) electrons. The molecule has 2 heterocycles. The maximum absolute atomic E-state index is 6.71. The largest absolute Gasteiger partial charge is 0.497 e. The number of hydrogen-bond acceptors (Lipinski definition) is 7. The molecule has 43 heavy (non-hydrogen) atoms. The van der Waals surface area contributed by atoms with E-state index >= 15 is 0 Å². The second-order valence-corrected chi connectivity index (χ2v) is 10.8. The average Bonchev–Trinajstić information content (AvgIpc) is 3.92. The zero-order valence-electron chi connectivity index (χ0n) is 24.3. The predicted octanol–water partition coefficient (Wildman–Crippen LogP) is 6.09. The van der Waals surface area contributed by atoms with E-state index in [4.69, 9.17) is 33.2 Å². The van der Waals surface area contributed by atoms with Gasteiger partial charge in [0.25, 0.3) is 0 Å². The molecular weight excluding hydrogens is 544 g/mol. The molecule has 4 aromatic rings. The lowest BCUT2D eigenvalue weighted by molar-refractivity contribution is -0.327. The summed E-state index contributed by atoms with van der Waals surface area (Å²) < 4.78 is 44.2. The summed E-state index contributed by atoms with van der Waals surface area (Å²) >= 11 is 0. The third-order valence-corrected chi connectivity index (χ3v) is 7.69. The van der Waals surface area contributed by atoms with E-state index < -0.39 is 24.6 Å². The molecule has 0 aromatic heterocycles. The van der Waals surface area contributed by atoms with E-state index in [1.165, 1.54) is 0 Å². The molecule has 6 atom stereocenters. The van der Waals surface area contributed by atoms with Crippen LogP contribution in [0.5, 0.6) is 5.75 Å². The zero-order chi connectivity index (χ0) is 29.3. The highest BCUT2D eigenvalue weighted by atomic mass is 16.7. The maximum atomic E-state index is 6.71. The van der Waals surface area contributed by atoms with Gasteiger partial charge in [-0.15, -0.1) is 0 Å². The highest BCUT2D eigenvalue weighted by Gasteiger charge is 2.54. The summed E-state index contributed by atoms with van der Waals surface area (Å²) in [5.74, 6) is 0.792. The van der Waals surface area contributed by atoms with E-state index in [0.717, 1.165) is 28.0 Å². The van der Waals surface area contributed by atoms with Gasteiger partial charge in [0.05, 0.1) is 40.1 Å². The third-order valence-electron chi connectivity index (χ3n) is 7.69. The van der Waals surface area contributed by atoms with Gasteiger partial charge in [0.2, 0.25) is 0 Å². The first kappa shape index (κ1) is 29.5. The van der Waals surface area contributed by atoms with E-state index in [-0.39, 0.29) is 12.2 Å². The molecule has 2 aliphatic rings. The number of rotatable bonds is 14. The molecule has 2 unspecified atom stereocenters. The number of methoxy groups -OCH3 is 1. The van der Waals surface area contributed by atoms with Gasteiger partial charge in [0.1, 0.15) is 36.3 Å². The maximum Gasteiger partial charge on any atom is 0.187 e. The van der Waals surface area contributed by atoms with Gasteiger partial charge in [-0.2, -0.15) is 0 Å². The van der Waals surface area contributed by atoms with Gasteiger partial charge in [-0.1, -0.05) is 103 Å². The monoisotopic (exact) mass is 582 g/mol. The second-order valence-electron chi connectivity index (χ2n) is 10.8. The van der Waals surface area contributed by atoms with Crippen LogP contribution >= 0.6 is 0 Å². The van der Waals surface area contributed by atoms with E-state index in [1.807, 2.05) is 91.0 Å². The number of hydrogen-bond donors (Lipinski definition) is 0. The molecule has 2 fully saturated rings. The van der Waals surface area contributed by atoms with Crippen LogP contribution in [0.25, 0.3) is 0 Å². The summed E-state index contributed by atoms with van der Waals surface area (Å²) in [5, 5.41) is 0. The standard InChI is InChI=1S/C36H38O7/c1-37-30-19-17-29(18-20-30)24-42-36-35(41-23-28-15-9-4-10-16-28)34(40-22-27-13-7-3-8-14-27)33(32(43-36)31-25-38-31)39-21-26-11-5-2-6-12-26/h2-20,31-36H,21-25H2,1H3/t31?,32?,33-,34-,35+,36+/m0/s1. The molecule has 2 aliphatic heterocycles. The van der Waals surface area contributed by atoms with Gasteiger partial charge in [0, 0.05) is 0 Å². The van der Waals surface area contributed by atoms with Crippen molar-refractivity contribution in [3.63, 3.8) is 0 Å². The topological polar surface area (TPSA) is 67.9 Å². The molecule has 0 spiro atoms. The van der Waals surface area contributed by atoms with Crippen molar-refractivity contribution in [3.8, 4) is 5.75 Å². The lowest BCUT2D eigenvalue weighted by atomic mass is 9.95. The van der Waals surface area contributed by atoms with Crippen molar-refractivity contribution in [1.29, 1.82) is 0 Å². The molecule has 0 amide bonds. The minimum Gasteiger partial charge on any atom is -0.497 e. The Hall–Kier alpha value is -3.56. The quantitative estimate of drug-likeness (QED) is 0.167. The SMILES string of the molecule is COc1ccc(CO[C@@H]2OC(C3CO3)[C@H](OCc3ccccc3)[C@H](OCc3ccccc3)[C@H]2OCc2ccccc2)cc1. The van der Waals surface area contributed by atoms with E-state index in [9.17, 15) is 0 Å². The minimum atomic E-state index is -0.711. The van der Waals surface area contributed by atoms with Crippen molar-refractivity contribution in [2.45, 2.75) is 63.2 Å². The van der Waals surface area contributed by atoms with Gasteiger partial charge in [0.15, 0.2) is 6.29 Å². The van der Waals surface area contributed by atoms with Crippen LogP contribution in [-0.4, -0.2) is 50.5 Å². The van der Waals surface area contributed by atoms with Crippen LogP contribution in [0.2, 0.25) is 0 Å². The van der Waals surface area contributed by atoms with Crippen LogP contribution in [0.4, 0.5) is 0 Å². The highest BCUT2D eigenvalue weighted by molar-refractivity contribution is 5.26. The summed E-state index contributed by atoms with van der Waals surface area (Å²) in [6, 6.07) is 38.1. The Morgan fingerprint density at radius 3 is 1.47 bits per heavy atom. The fourth-order valence-corrected chi connectivity index (χ4v) is 5.27. The lowest BCUT2D eigenvalue weighted by Gasteiger charge is -2.45. The predicted molar refractivity (Wildman–Crippen MR) is 161 cm³/mol. The van der Waals surface area contributed by atoms with E-state index in [0.29, 0.717) is 33.0 Å². The zero-order valence-corrected chi connectivity index (χ0v) is 24.3. The normalized spacial score (nSPS) is 24.9. The molecule has 0 saturated carbocycles. The van der Waals surface area contributed by atoms with Crippen LogP contribution in [0.3, 0.4) is 0 Å². The molecular formula is C36H38O7. The highest BCUT2D eigenvalue weighted by Crippen LogP contribution is 2.36. The average molecular weight is 583 g/mol. The Morgan fingerprint density at radius 1 is 0.535 bits per heavy atom. The molecule has 0 aliphatic carbocycles. The Kier molecular flexibility index (Phi) is 10.1. The van der Waals surface area contributed by atoms with Crippen molar-refractivity contribution >= 4 is 0 Å². The summed E-state index contributed by atoms with van der Waals surface area (Å²) in [5.41, 5.74) is 4.18. The van der Waals surface area contributed by atoms with Crippen LogP contribution in [0.1, 0.15) is 22.3 Å². The number of benzene rings is 4. The third kappa shape index (κ3) is 8.09. The number of epoxide rings is 1. The molecule has 0 N–H and O–H groups in total. The molecule has 2 saturated heterocycles. The lowest BCUT2D eigenvalue weighted by Crippen LogP contribution is -2.62. The van der Waals surface area contributed by atoms with Gasteiger partial charge in [-0.05, 0) is 34.4 Å². The molecule has 6 rings (SSSR count). The van der Waals surface area contributed by atoms with Crippen molar-refractivity contribution in [3.05, 3.63) is 138 Å². The summed E-state index contributed by atoms with van der Waals surface area (Å²) in [7, 11) is 1.65. The van der Waals surface area contributed by atoms with Crippen molar-refractivity contribution < 1.29 is 33.2 Å². The van der Waals surface area contributed by atoms with Crippen molar-refractivity contribution in [2.24, 2.45) is 0 Å². The first-order valence-electron chi connectivity index (χ1n) is 14.7. The first-order chi connectivity index (χ1) is 21.3. The van der Waals surface area contributed by atoms with E-state index in [2.05, 4.69) is 24.3 Å².